The first kappa shape index (κ1) is 25.1. The van der Waals surface area contributed by atoms with Crippen LogP contribution in [0.2, 0.25) is 0 Å². The molecule has 184 valence electrons. The third-order valence-electron chi connectivity index (χ3n) is 7.21. The summed E-state index contributed by atoms with van der Waals surface area (Å²) in [5.74, 6) is 3.65. The molecule has 7 heteroatoms. The Morgan fingerprint density at radius 3 is 2.56 bits per heavy atom. The topological polar surface area (TPSA) is 58.9 Å². The van der Waals surface area contributed by atoms with E-state index in [4.69, 9.17) is 9.97 Å². The predicted octanol–water partition coefficient (Wildman–Crippen LogP) is 5.90. The van der Waals surface area contributed by atoms with Gasteiger partial charge in [0.05, 0.1) is 21.4 Å². The number of nitrogens with one attached hydrogen (secondary N) is 1. The van der Waals surface area contributed by atoms with Gasteiger partial charge in [0.2, 0.25) is 0 Å². The molecule has 1 N–H and O–H groups in total. The monoisotopic (exact) mass is 526 g/mol. The van der Waals surface area contributed by atoms with Gasteiger partial charge < -0.3 is 10.2 Å². The summed E-state index contributed by atoms with van der Waals surface area (Å²) in [6.07, 6.45) is 8.80. The number of aromatic nitrogens is 4. The Balaban J connectivity index is 1.20. The number of anilines is 1. The van der Waals surface area contributed by atoms with Crippen LogP contribution in [0.1, 0.15) is 62.7 Å². The Morgan fingerprint density at radius 1 is 1.09 bits per heavy atom. The highest BCUT2D eigenvalue weighted by molar-refractivity contribution is 9.10. The molecule has 0 aliphatic heterocycles. The van der Waals surface area contributed by atoms with E-state index in [1.807, 2.05) is 0 Å². The van der Waals surface area contributed by atoms with Gasteiger partial charge in [-0.05, 0) is 79.6 Å². The fourth-order valence-electron chi connectivity index (χ4n) is 5.27. The first-order valence-electron chi connectivity index (χ1n) is 12.8. The van der Waals surface area contributed by atoms with E-state index >= 15 is 0 Å². The second-order valence-electron chi connectivity index (χ2n) is 9.95. The summed E-state index contributed by atoms with van der Waals surface area (Å²) in [7, 11) is 4.12. The van der Waals surface area contributed by atoms with E-state index in [-0.39, 0.29) is 0 Å². The summed E-state index contributed by atoms with van der Waals surface area (Å²) in [4.78, 5) is 11.8. The lowest BCUT2D eigenvalue weighted by Crippen LogP contribution is -2.27. The van der Waals surface area contributed by atoms with Crippen molar-refractivity contribution in [2.75, 3.05) is 25.5 Å². The predicted molar refractivity (Wildman–Crippen MR) is 144 cm³/mol. The van der Waals surface area contributed by atoms with E-state index < -0.39 is 0 Å². The van der Waals surface area contributed by atoms with E-state index in [1.165, 1.54) is 44.2 Å². The van der Waals surface area contributed by atoms with Gasteiger partial charge in [-0.2, -0.15) is 5.10 Å². The summed E-state index contributed by atoms with van der Waals surface area (Å²) in [5.41, 5.74) is 3.39. The first-order chi connectivity index (χ1) is 16.5. The molecule has 0 amide bonds. The number of hydrogen-bond donors (Lipinski definition) is 1. The molecule has 3 aromatic rings. The molecule has 1 aliphatic rings. The summed E-state index contributed by atoms with van der Waals surface area (Å²) in [6, 6.07) is 8.33. The molecule has 0 radical (unpaired) electrons. The fourth-order valence-corrected chi connectivity index (χ4v) is 5.69. The standard InChI is InChI=1S/C27H39BrN6/c1-5-34-24(26(28)19(2)32-34)18-29-17-21-15-13-20(14-16-21)9-8-12-25-30-23-11-7-6-10-22(23)27(31-25)33(3)4/h6-7,10-11,20-21,29H,5,8-9,12-18H2,1-4H3. The molecule has 0 unspecified atom stereocenters. The highest BCUT2D eigenvalue weighted by Gasteiger charge is 2.21. The molecule has 2 heterocycles. The Labute approximate surface area is 212 Å². The zero-order chi connectivity index (χ0) is 24.1. The average Bonchev–Trinajstić information content (AvgIpc) is 3.12. The van der Waals surface area contributed by atoms with Gasteiger partial charge in [-0.1, -0.05) is 31.4 Å². The second-order valence-corrected chi connectivity index (χ2v) is 10.7. The van der Waals surface area contributed by atoms with E-state index in [0.29, 0.717) is 0 Å². The maximum Gasteiger partial charge on any atom is 0.139 e. The molecule has 6 nitrogen and oxygen atoms in total. The fraction of sp³-hybridized carbons (Fsp3) is 0.593. The maximum atomic E-state index is 4.87. The summed E-state index contributed by atoms with van der Waals surface area (Å²) >= 11 is 3.70. The highest BCUT2D eigenvalue weighted by Crippen LogP contribution is 2.32. The molecule has 1 aromatic carbocycles. The van der Waals surface area contributed by atoms with Crippen LogP contribution in [0.3, 0.4) is 0 Å². The van der Waals surface area contributed by atoms with E-state index in [9.17, 15) is 0 Å². The molecule has 0 bridgehead atoms. The van der Waals surface area contributed by atoms with Crippen molar-refractivity contribution in [2.24, 2.45) is 11.8 Å². The van der Waals surface area contributed by atoms with Gasteiger partial charge in [-0.25, -0.2) is 9.97 Å². The quantitative estimate of drug-likeness (QED) is 0.356. The largest absolute Gasteiger partial charge is 0.362 e. The number of rotatable bonds is 10. The Bertz CT molecular complexity index is 1080. The Kier molecular flexibility index (Phi) is 8.59. The van der Waals surface area contributed by atoms with Crippen molar-refractivity contribution in [1.29, 1.82) is 0 Å². The van der Waals surface area contributed by atoms with Crippen LogP contribution in [0.15, 0.2) is 28.7 Å². The van der Waals surface area contributed by atoms with E-state index in [1.54, 1.807) is 0 Å². The number of halogens is 1. The number of nitrogens with zero attached hydrogens (tertiary/aromatic N) is 5. The van der Waals surface area contributed by atoms with E-state index in [2.05, 4.69) is 88.1 Å². The van der Waals surface area contributed by atoms with Crippen molar-refractivity contribution in [2.45, 2.75) is 71.9 Å². The van der Waals surface area contributed by atoms with Gasteiger partial charge in [0, 0.05) is 39.0 Å². The average molecular weight is 528 g/mol. The third-order valence-corrected chi connectivity index (χ3v) is 8.24. The summed E-state index contributed by atoms with van der Waals surface area (Å²) in [5, 5.41) is 9.43. The lowest BCUT2D eigenvalue weighted by Gasteiger charge is -2.28. The SMILES string of the molecule is CCn1nc(C)c(Br)c1CNCC1CCC(CCCc2nc(N(C)C)c3ccccc3n2)CC1. The molecule has 1 fully saturated rings. The third kappa shape index (κ3) is 5.98. The van der Waals surface area contributed by atoms with Gasteiger partial charge >= 0.3 is 0 Å². The smallest absolute Gasteiger partial charge is 0.139 e. The molecular formula is C27H39BrN6. The number of benzene rings is 1. The Hall–Kier alpha value is -1.99. The minimum atomic E-state index is 0.792. The molecule has 0 saturated heterocycles. The van der Waals surface area contributed by atoms with Crippen molar-refractivity contribution >= 4 is 32.7 Å². The molecule has 1 saturated carbocycles. The van der Waals surface area contributed by atoms with E-state index in [0.717, 1.165) is 70.6 Å². The van der Waals surface area contributed by atoms with Crippen molar-refractivity contribution < 1.29 is 0 Å². The van der Waals surface area contributed by atoms with Gasteiger partial charge in [-0.15, -0.1) is 0 Å². The minimum absolute atomic E-state index is 0.792. The van der Waals surface area contributed by atoms with Crippen molar-refractivity contribution in [3.63, 3.8) is 0 Å². The van der Waals surface area contributed by atoms with Gasteiger partial charge in [0.1, 0.15) is 11.6 Å². The van der Waals surface area contributed by atoms with Gasteiger partial charge in [0.25, 0.3) is 0 Å². The summed E-state index contributed by atoms with van der Waals surface area (Å²) < 4.78 is 3.25. The van der Waals surface area contributed by atoms with Crippen molar-refractivity contribution in [3.05, 3.63) is 46.0 Å². The zero-order valence-electron chi connectivity index (χ0n) is 21.1. The minimum Gasteiger partial charge on any atom is -0.362 e. The van der Waals surface area contributed by atoms with Crippen LogP contribution in [0.5, 0.6) is 0 Å². The van der Waals surface area contributed by atoms with Crippen LogP contribution in [-0.2, 0) is 19.5 Å². The highest BCUT2D eigenvalue weighted by atomic mass is 79.9. The van der Waals surface area contributed by atoms with Gasteiger partial charge in [-0.3, -0.25) is 4.68 Å². The van der Waals surface area contributed by atoms with Crippen LogP contribution in [0.25, 0.3) is 10.9 Å². The lowest BCUT2D eigenvalue weighted by molar-refractivity contribution is 0.253. The molecule has 0 atom stereocenters. The number of aryl methyl sites for hydroxylation is 3. The van der Waals surface area contributed by atoms with Crippen LogP contribution in [0.4, 0.5) is 5.82 Å². The van der Waals surface area contributed by atoms with Crippen LogP contribution in [0, 0.1) is 18.8 Å². The number of fused-ring (bicyclic) bond motifs is 1. The number of para-hydroxylation sites is 1. The maximum absolute atomic E-state index is 4.87. The van der Waals surface area contributed by atoms with Crippen LogP contribution < -0.4 is 10.2 Å². The number of hydrogen-bond acceptors (Lipinski definition) is 5. The second kappa shape index (κ2) is 11.6. The molecule has 0 spiro atoms. The van der Waals surface area contributed by atoms with Crippen molar-refractivity contribution in [3.8, 4) is 0 Å². The Morgan fingerprint density at radius 2 is 1.82 bits per heavy atom. The van der Waals surface area contributed by atoms with Crippen LogP contribution >= 0.6 is 15.9 Å². The van der Waals surface area contributed by atoms with Gasteiger partial charge in [0.15, 0.2) is 0 Å². The summed E-state index contributed by atoms with van der Waals surface area (Å²) in [6.45, 7) is 7.11. The molecule has 34 heavy (non-hydrogen) atoms. The first-order valence-corrected chi connectivity index (χ1v) is 13.6. The van der Waals surface area contributed by atoms with Crippen LogP contribution in [-0.4, -0.2) is 40.4 Å². The lowest BCUT2D eigenvalue weighted by atomic mass is 9.80. The molecule has 1 aliphatic carbocycles. The van der Waals surface area contributed by atoms with Crippen molar-refractivity contribution in [1.82, 2.24) is 25.1 Å². The normalized spacial score (nSPS) is 18.5. The molecule has 4 rings (SSSR count). The zero-order valence-corrected chi connectivity index (χ0v) is 22.7. The molecular weight excluding hydrogens is 488 g/mol. The molecule has 2 aromatic heterocycles.